The molecule has 0 saturated heterocycles. The van der Waals surface area contributed by atoms with Crippen molar-refractivity contribution in [2.24, 2.45) is 0 Å². The predicted octanol–water partition coefficient (Wildman–Crippen LogP) is 3.82. The van der Waals surface area contributed by atoms with Gasteiger partial charge in [-0.2, -0.15) is 0 Å². The van der Waals surface area contributed by atoms with Gasteiger partial charge >= 0.3 is 0 Å². The van der Waals surface area contributed by atoms with Crippen molar-refractivity contribution in [3.8, 4) is 0 Å². The number of hydrogen-bond acceptors (Lipinski definition) is 3. The van der Waals surface area contributed by atoms with Crippen LogP contribution in [0.15, 0.2) is 60.8 Å². The molecule has 0 aliphatic carbocycles. The SMILES string of the molecule is O=C(Nc1ccc(F)cc1F)c1cc(C(=O)N2CCc3ccccc32)ccn1. The Kier molecular flexibility index (Phi) is 4.57. The van der Waals surface area contributed by atoms with Crippen molar-refractivity contribution in [2.45, 2.75) is 6.42 Å². The highest BCUT2D eigenvalue weighted by Gasteiger charge is 2.25. The van der Waals surface area contributed by atoms with Gasteiger partial charge in [0.25, 0.3) is 11.8 Å². The molecule has 28 heavy (non-hydrogen) atoms. The Morgan fingerprint density at radius 1 is 1.04 bits per heavy atom. The van der Waals surface area contributed by atoms with Gasteiger partial charge in [-0.05, 0) is 42.3 Å². The molecule has 7 heteroatoms. The van der Waals surface area contributed by atoms with Crippen LogP contribution in [0.3, 0.4) is 0 Å². The Morgan fingerprint density at radius 3 is 2.68 bits per heavy atom. The third kappa shape index (κ3) is 3.34. The molecule has 0 unspecified atom stereocenters. The molecule has 0 saturated carbocycles. The second kappa shape index (κ2) is 7.19. The fourth-order valence-corrected chi connectivity index (χ4v) is 3.17. The van der Waals surface area contributed by atoms with Gasteiger partial charge < -0.3 is 10.2 Å². The first-order valence-electron chi connectivity index (χ1n) is 8.65. The maximum absolute atomic E-state index is 13.7. The van der Waals surface area contributed by atoms with Gasteiger partial charge in [-0.25, -0.2) is 8.78 Å². The lowest BCUT2D eigenvalue weighted by atomic mass is 10.1. The molecule has 140 valence electrons. The summed E-state index contributed by atoms with van der Waals surface area (Å²) in [5.74, 6) is -2.57. The van der Waals surface area contributed by atoms with E-state index in [0.717, 1.165) is 29.8 Å². The van der Waals surface area contributed by atoms with Gasteiger partial charge in [-0.3, -0.25) is 14.6 Å². The third-order valence-electron chi connectivity index (χ3n) is 4.55. The molecular formula is C21H15F2N3O2. The highest BCUT2D eigenvalue weighted by atomic mass is 19.1. The van der Waals surface area contributed by atoms with E-state index in [2.05, 4.69) is 10.3 Å². The lowest BCUT2D eigenvalue weighted by molar-refractivity contribution is 0.0989. The van der Waals surface area contributed by atoms with Gasteiger partial charge in [-0.1, -0.05) is 18.2 Å². The number of benzene rings is 2. The molecule has 0 radical (unpaired) electrons. The molecule has 0 fully saturated rings. The first-order chi connectivity index (χ1) is 13.5. The van der Waals surface area contributed by atoms with Gasteiger partial charge in [0, 0.05) is 30.1 Å². The zero-order valence-corrected chi connectivity index (χ0v) is 14.7. The second-order valence-corrected chi connectivity index (χ2v) is 6.34. The zero-order valence-electron chi connectivity index (χ0n) is 14.7. The monoisotopic (exact) mass is 379 g/mol. The summed E-state index contributed by atoms with van der Waals surface area (Å²) in [4.78, 5) is 30.9. The van der Waals surface area contributed by atoms with Gasteiger partial charge in [0.2, 0.25) is 0 Å². The molecule has 0 atom stereocenters. The summed E-state index contributed by atoms with van der Waals surface area (Å²) in [6.07, 6.45) is 2.12. The van der Waals surface area contributed by atoms with Gasteiger partial charge in [0.15, 0.2) is 0 Å². The largest absolute Gasteiger partial charge is 0.318 e. The van der Waals surface area contributed by atoms with Crippen LogP contribution in [0.4, 0.5) is 20.2 Å². The Hall–Kier alpha value is -3.61. The van der Waals surface area contributed by atoms with Crippen molar-refractivity contribution < 1.29 is 18.4 Å². The quantitative estimate of drug-likeness (QED) is 0.753. The van der Waals surface area contributed by atoms with E-state index >= 15 is 0 Å². The molecule has 2 aromatic carbocycles. The van der Waals surface area contributed by atoms with Gasteiger partial charge in [-0.15, -0.1) is 0 Å². The number of nitrogens with zero attached hydrogens (tertiary/aromatic N) is 2. The molecule has 2 amide bonds. The lowest BCUT2D eigenvalue weighted by Crippen LogP contribution is -2.29. The van der Waals surface area contributed by atoms with E-state index in [-0.39, 0.29) is 17.3 Å². The summed E-state index contributed by atoms with van der Waals surface area (Å²) in [6, 6.07) is 13.4. The molecule has 1 aromatic heterocycles. The molecular weight excluding hydrogens is 364 g/mol. The first kappa shape index (κ1) is 17.8. The predicted molar refractivity (Wildman–Crippen MR) is 100 cm³/mol. The minimum Gasteiger partial charge on any atom is -0.318 e. The first-order valence-corrected chi connectivity index (χ1v) is 8.65. The van der Waals surface area contributed by atoms with E-state index in [0.29, 0.717) is 18.2 Å². The number of pyridine rings is 1. The smallest absolute Gasteiger partial charge is 0.274 e. The topological polar surface area (TPSA) is 62.3 Å². The Morgan fingerprint density at radius 2 is 1.86 bits per heavy atom. The number of halogens is 2. The summed E-state index contributed by atoms with van der Waals surface area (Å²) < 4.78 is 26.7. The van der Waals surface area contributed by atoms with Crippen LogP contribution in [0.1, 0.15) is 26.4 Å². The lowest BCUT2D eigenvalue weighted by Gasteiger charge is -2.17. The summed E-state index contributed by atoms with van der Waals surface area (Å²) in [6.45, 7) is 0.558. The number of hydrogen-bond donors (Lipinski definition) is 1. The molecule has 2 heterocycles. The van der Waals surface area contributed by atoms with E-state index in [9.17, 15) is 18.4 Å². The van der Waals surface area contributed by atoms with E-state index < -0.39 is 17.5 Å². The number of aromatic nitrogens is 1. The summed E-state index contributed by atoms with van der Waals surface area (Å²) in [5, 5.41) is 2.34. The fourth-order valence-electron chi connectivity index (χ4n) is 3.17. The molecule has 4 rings (SSSR count). The molecule has 5 nitrogen and oxygen atoms in total. The molecule has 3 aromatic rings. The number of nitrogens with one attached hydrogen (secondary N) is 1. The van der Waals surface area contributed by atoms with Crippen molar-refractivity contribution in [3.63, 3.8) is 0 Å². The van der Waals surface area contributed by atoms with Crippen molar-refractivity contribution in [1.82, 2.24) is 4.98 Å². The molecule has 1 aliphatic rings. The highest BCUT2D eigenvalue weighted by molar-refractivity contribution is 6.09. The van der Waals surface area contributed by atoms with Gasteiger partial charge in [0.1, 0.15) is 17.3 Å². The number of para-hydroxylation sites is 1. The van der Waals surface area contributed by atoms with E-state index in [1.165, 1.54) is 18.3 Å². The number of carbonyl (C=O) groups excluding carboxylic acids is 2. The maximum Gasteiger partial charge on any atom is 0.274 e. The zero-order chi connectivity index (χ0) is 19.7. The molecule has 0 bridgehead atoms. The molecule has 1 aliphatic heterocycles. The molecule has 1 N–H and O–H groups in total. The van der Waals surface area contributed by atoms with Crippen LogP contribution in [0.25, 0.3) is 0 Å². The normalized spacial score (nSPS) is 12.6. The Balaban J connectivity index is 1.56. The van der Waals surface area contributed by atoms with Gasteiger partial charge in [0.05, 0.1) is 5.69 Å². The average molecular weight is 379 g/mol. The fraction of sp³-hybridized carbons (Fsp3) is 0.0952. The number of amides is 2. The van der Waals surface area contributed by atoms with Crippen molar-refractivity contribution in [3.05, 3.63) is 89.2 Å². The van der Waals surface area contributed by atoms with Crippen LogP contribution in [-0.4, -0.2) is 23.3 Å². The summed E-state index contributed by atoms with van der Waals surface area (Å²) in [5.41, 5.74) is 2.04. The number of anilines is 2. The van der Waals surface area contributed by atoms with Crippen LogP contribution in [0.5, 0.6) is 0 Å². The molecule has 0 spiro atoms. The minimum absolute atomic E-state index is 0.0398. The van der Waals surface area contributed by atoms with E-state index in [1.807, 2.05) is 24.3 Å². The summed E-state index contributed by atoms with van der Waals surface area (Å²) >= 11 is 0. The van der Waals surface area contributed by atoms with Crippen LogP contribution >= 0.6 is 0 Å². The Labute approximate surface area is 159 Å². The average Bonchev–Trinajstić information content (AvgIpc) is 3.14. The number of fused-ring (bicyclic) bond motifs is 1. The van der Waals surface area contributed by atoms with Crippen LogP contribution < -0.4 is 10.2 Å². The maximum atomic E-state index is 13.7. The number of carbonyl (C=O) groups is 2. The summed E-state index contributed by atoms with van der Waals surface area (Å²) in [7, 11) is 0. The van der Waals surface area contributed by atoms with Crippen LogP contribution in [-0.2, 0) is 6.42 Å². The van der Waals surface area contributed by atoms with Crippen molar-refractivity contribution in [1.29, 1.82) is 0 Å². The van der Waals surface area contributed by atoms with Crippen LogP contribution in [0.2, 0.25) is 0 Å². The van der Waals surface area contributed by atoms with Crippen molar-refractivity contribution >= 4 is 23.2 Å². The number of rotatable bonds is 3. The standard InChI is InChI=1S/C21H15F2N3O2/c22-15-5-6-17(16(23)12-15)25-20(27)18-11-14(7-9-24-18)21(28)26-10-8-13-3-1-2-4-19(13)26/h1-7,9,11-12H,8,10H2,(H,25,27). The van der Waals surface area contributed by atoms with E-state index in [1.54, 1.807) is 4.90 Å². The third-order valence-corrected chi connectivity index (χ3v) is 4.55. The Bertz CT molecular complexity index is 1080. The minimum atomic E-state index is -0.894. The van der Waals surface area contributed by atoms with Crippen molar-refractivity contribution in [2.75, 3.05) is 16.8 Å². The highest BCUT2D eigenvalue weighted by Crippen LogP contribution is 2.28. The second-order valence-electron chi connectivity index (χ2n) is 6.34. The van der Waals surface area contributed by atoms with Crippen LogP contribution in [0, 0.1) is 11.6 Å². The van der Waals surface area contributed by atoms with E-state index in [4.69, 9.17) is 0 Å².